The summed E-state index contributed by atoms with van der Waals surface area (Å²) < 4.78 is 0. The highest BCUT2D eigenvalue weighted by Gasteiger charge is 2.08. The zero-order valence-electron chi connectivity index (χ0n) is 7.12. The van der Waals surface area contributed by atoms with Crippen LogP contribution < -0.4 is 16.6 Å². The lowest BCUT2D eigenvalue weighted by molar-refractivity contribution is 1.12. The van der Waals surface area contributed by atoms with Crippen molar-refractivity contribution in [3.05, 3.63) is 28.8 Å². The topological polar surface area (TPSA) is 55.3 Å². The van der Waals surface area contributed by atoms with Gasteiger partial charge in [-0.25, -0.2) is 5.84 Å². The largest absolute Gasteiger partial charge is 0.375 e. The highest BCUT2D eigenvalue weighted by atomic mass is 35.5. The summed E-state index contributed by atoms with van der Waals surface area (Å²) in [4.78, 5) is 0. The Hall–Kier alpha value is -0.840. The van der Waals surface area contributed by atoms with Gasteiger partial charge in [0.2, 0.25) is 0 Å². The quantitative estimate of drug-likeness (QED) is 0.424. The summed E-state index contributed by atoms with van der Waals surface area (Å²) >= 11 is 10.6. The van der Waals surface area contributed by atoms with E-state index in [0.29, 0.717) is 5.02 Å². The second-order valence-corrected chi connectivity index (χ2v) is 3.42. The molecule has 0 aliphatic heterocycles. The number of thiocarbonyl (C=S) groups is 1. The van der Waals surface area contributed by atoms with E-state index in [4.69, 9.17) is 35.4 Å². The Morgan fingerprint density at radius 3 is 2.69 bits per heavy atom. The van der Waals surface area contributed by atoms with Crippen LogP contribution in [0.4, 0.5) is 5.69 Å². The first-order valence-corrected chi connectivity index (χ1v) is 4.42. The molecule has 0 saturated carbocycles. The Morgan fingerprint density at radius 2 is 2.15 bits per heavy atom. The molecule has 0 bridgehead atoms. The van der Waals surface area contributed by atoms with Crippen LogP contribution in [0, 0.1) is 6.92 Å². The van der Waals surface area contributed by atoms with Gasteiger partial charge < -0.3 is 5.73 Å². The van der Waals surface area contributed by atoms with Crippen molar-refractivity contribution in [2.45, 2.75) is 6.92 Å². The van der Waals surface area contributed by atoms with E-state index in [0.717, 1.165) is 11.3 Å². The molecule has 0 radical (unpaired) electrons. The van der Waals surface area contributed by atoms with Crippen LogP contribution in [0.5, 0.6) is 0 Å². The standard InChI is InChI=1S/C8H10ClN3S/c1-5-6(9)3-2-4-7(5)12(11)8(10)13/h2-4H,11H2,1H3,(H2,10,13). The number of hydrogen-bond acceptors (Lipinski definition) is 2. The maximum atomic E-state index is 5.90. The van der Waals surface area contributed by atoms with E-state index < -0.39 is 0 Å². The summed E-state index contributed by atoms with van der Waals surface area (Å²) in [5, 5.41) is 1.99. The van der Waals surface area contributed by atoms with Gasteiger partial charge in [-0.1, -0.05) is 17.7 Å². The zero-order valence-corrected chi connectivity index (χ0v) is 8.69. The molecule has 0 saturated heterocycles. The van der Waals surface area contributed by atoms with Crippen molar-refractivity contribution < 1.29 is 0 Å². The maximum Gasteiger partial charge on any atom is 0.185 e. The molecule has 0 unspecified atom stereocenters. The van der Waals surface area contributed by atoms with Gasteiger partial charge in [0, 0.05) is 5.02 Å². The molecule has 1 aromatic rings. The molecule has 13 heavy (non-hydrogen) atoms. The van der Waals surface area contributed by atoms with E-state index in [1.165, 1.54) is 5.01 Å². The number of nitrogens with zero attached hydrogens (tertiary/aromatic N) is 1. The average Bonchev–Trinajstić information content (AvgIpc) is 2.08. The highest BCUT2D eigenvalue weighted by Crippen LogP contribution is 2.24. The summed E-state index contributed by atoms with van der Waals surface area (Å²) in [6.07, 6.45) is 0. The lowest BCUT2D eigenvalue weighted by Gasteiger charge is -2.18. The van der Waals surface area contributed by atoms with Gasteiger partial charge in [0.1, 0.15) is 0 Å². The van der Waals surface area contributed by atoms with Crippen LogP contribution >= 0.6 is 23.8 Å². The van der Waals surface area contributed by atoms with Crippen molar-refractivity contribution >= 4 is 34.6 Å². The normalized spacial score (nSPS) is 9.77. The lowest BCUT2D eigenvalue weighted by Crippen LogP contribution is -2.41. The van der Waals surface area contributed by atoms with Crippen molar-refractivity contribution in [2.75, 3.05) is 5.01 Å². The van der Waals surface area contributed by atoms with Crippen LogP contribution in [-0.4, -0.2) is 5.11 Å². The molecule has 0 atom stereocenters. The Labute approximate surface area is 87.2 Å². The number of rotatable bonds is 1. The summed E-state index contributed by atoms with van der Waals surface area (Å²) in [6, 6.07) is 5.39. The zero-order chi connectivity index (χ0) is 10.0. The third-order valence-electron chi connectivity index (χ3n) is 1.74. The first-order valence-electron chi connectivity index (χ1n) is 3.63. The molecule has 0 spiro atoms. The van der Waals surface area contributed by atoms with Crippen LogP contribution in [0.1, 0.15) is 5.56 Å². The van der Waals surface area contributed by atoms with Crippen LogP contribution in [0.15, 0.2) is 18.2 Å². The Morgan fingerprint density at radius 1 is 1.54 bits per heavy atom. The number of hydrazine groups is 1. The number of nitrogens with two attached hydrogens (primary N) is 2. The molecule has 0 aliphatic rings. The Balaban J connectivity index is 3.15. The van der Waals surface area contributed by atoms with Gasteiger partial charge in [-0.2, -0.15) is 0 Å². The molecule has 0 fully saturated rings. The van der Waals surface area contributed by atoms with Crippen molar-refractivity contribution in [3.63, 3.8) is 0 Å². The molecular formula is C8H10ClN3S. The minimum Gasteiger partial charge on any atom is -0.375 e. The van der Waals surface area contributed by atoms with Gasteiger partial charge >= 0.3 is 0 Å². The van der Waals surface area contributed by atoms with E-state index in [2.05, 4.69) is 0 Å². The van der Waals surface area contributed by atoms with E-state index in [9.17, 15) is 0 Å². The maximum absolute atomic E-state index is 5.90. The summed E-state index contributed by atoms with van der Waals surface area (Å²) in [5.41, 5.74) is 6.96. The molecule has 1 rings (SSSR count). The molecule has 3 nitrogen and oxygen atoms in total. The minimum absolute atomic E-state index is 0.116. The minimum atomic E-state index is 0.116. The summed E-state index contributed by atoms with van der Waals surface area (Å²) in [6.45, 7) is 1.86. The fourth-order valence-corrected chi connectivity index (χ4v) is 1.24. The van der Waals surface area contributed by atoms with Gasteiger partial charge in [0.15, 0.2) is 5.11 Å². The van der Waals surface area contributed by atoms with E-state index in [-0.39, 0.29) is 5.11 Å². The second kappa shape index (κ2) is 3.91. The van der Waals surface area contributed by atoms with Gasteiger partial charge in [-0.3, -0.25) is 5.01 Å². The Bertz CT molecular complexity index is 340. The molecule has 4 N–H and O–H groups in total. The fourth-order valence-electron chi connectivity index (χ4n) is 0.976. The van der Waals surface area contributed by atoms with Gasteiger partial charge in [0.25, 0.3) is 0 Å². The van der Waals surface area contributed by atoms with Crippen LogP contribution in [0.3, 0.4) is 0 Å². The number of halogens is 1. The van der Waals surface area contributed by atoms with Crippen LogP contribution in [-0.2, 0) is 0 Å². The number of hydrogen-bond donors (Lipinski definition) is 2. The number of benzene rings is 1. The van der Waals surface area contributed by atoms with Crippen molar-refractivity contribution in [1.82, 2.24) is 0 Å². The molecule has 5 heteroatoms. The monoisotopic (exact) mass is 215 g/mol. The first kappa shape index (κ1) is 10.2. The van der Waals surface area contributed by atoms with E-state index in [1.807, 2.05) is 6.92 Å². The van der Waals surface area contributed by atoms with E-state index >= 15 is 0 Å². The smallest absolute Gasteiger partial charge is 0.185 e. The molecule has 0 aromatic heterocycles. The van der Waals surface area contributed by atoms with Crippen LogP contribution in [0.2, 0.25) is 5.02 Å². The molecule has 0 amide bonds. The molecular weight excluding hydrogens is 206 g/mol. The molecule has 1 aromatic carbocycles. The SMILES string of the molecule is Cc1c(Cl)cccc1N(N)C(N)=S. The molecule has 0 aliphatic carbocycles. The molecule has 70 valence electrons. The average molecular weight is 216 g/mol. The van der Waals surface area contributed by atoms with E-state index in [1.54, 1.807) is 18.2 Å². The first-order chi connectivity index (χ1) is 6.04. The predicted octanol–water partition coefficient (Wildman–Crippen LogP) is 1.57. The Kier molecular flexibility index (Phi) is 3.08. The van der Waals surface area contributed by atoms with Gasteiger partial charge in [-0.15, -0.1) is 0 Å². The number of anilines is 1. The van der Waals surface area contributed by atoms with Crippen molar-refractivity contribution in [1.29, 1.82) is 0 Å². The van der Waals surface area contributed by atoms with Gasteiger partial charge in [0.05, 0.1) is 5.69 Å². The van der Waals surface area contributed by atoms with Crippen LogP contribution in [0.25, 0.3) is 0 Å². The predicted molar refractivity (Wildman–Crippen MR) is 59.6 cm³/mol. The second-order valence-electron chi connectivity index (χ2n) is 2.59. The summed E-state index contributed by atoms with van der Waals surface area (Å²) in [7, 11) is 0. The third kappa shape index (κ3) is 2.09. The lowest BCUT2D eigenvalue weighted by atomic mass is 10.2. The third-order valence-corrected chi connectivity index (χ3v) is 2.34. The van der Waals surface area contributed by atoms with Crippen molar-refractivity contribution in [3.8, 4) is 0 Å². The fraction of sp³-hybridized carbons (Fsp3) is 0.125. The molecule has 0 heterocycles. The highest BCUT2D eigenvalue weighted by molar-refractivity contribution is 7.80. The van der Waals surface area contributed by atoms with Crippen molar-refractivity contribution in [2.24, 2.45) is 11.6 Å². The summed E-state index contributed by atoms with van der Waals surface area (Å²) in [5.74, 6) is 5.62. The van der Waals surface area contributed by atoms with Gasteiger partial charge in [-0.05, 0) is 36.8 Å².